The molecule has 32 heavy (non-hydrogen) atoms. The van der Waals surface area contributed by atoms with Crippen molar-refractivity contribution in [2.75, 3.05) is 11.9 Å². The van der Waals surface area contributed by atoms with Gasteiger partial charge in [0, 0.05) is 11.3 Å². The summed E-state index contributed by atoms with van der Waals surface area (Å²) in [5, 5.41) is 14.6. The standard InChI is InChI=1S/C26H22N2O4/c1-17-12-14-20(15-13-17)27-23-22(25(31)19-10-6-3-7-11-19)24(18-8-4-2-5-9-18)28(26(23)32)16-21(29)30/h2-15,24,27H,16H2,1H3,(H,29,30)/p-1. The predicted octanol–water partition coefficient (Wildman–Crippen LogP) is 2.88. The Balaban J connectivity index is 1.89. The maximum absolute atomic E-state index is 13.6. The van der Waals surface area contributed by atoms with Crippen molar-refractivity contribution >= 4 is 23.3 Å². The second-order valence-corrected chi connectivity index (χ2v) is 7.59. The van der Waals surface area contributed by atoms with E-state index in [-0.39, 0.29) is 17.1 Å². The zero-order valence-electron chi connectivity index (χ0n) is 17.4. The Morgan fingerprint density at radius 2 is 1.50 bits per heavy atom. The van der Waals surface area contributed by atoms with E-state index in [1.54, 1.807) is 66.7 Å². The van der Waals surface area contributed by atoms with E-state index in [1.165, 1.54) is 0 Å². The molecule has 0 aromatic heterocycles. The molecule has 1 heterocycles. The van der Waals surface area contributed by atoms with E-state index in [9.17, 15) is 19.5 Å². The van der Waals surface area contributed by atoms with E-state index in [2.05, 4.69) is 5.32 Å². The Kier molecular flexibility index (Phi) is 5.85. The van der Waals surface area contributed by atoms with Crippen LogP contribution in [0.15, 0.2) is 96.2 Å². The lowest BCUT2D eigenvalue weighted by Gasteiger charge is -2.27. The van der Waals surface area contributed by atoms with Crippen molar-refractivity contribution in [3.63, 3.8) is 0 Å². The molecule has 0 saturated heterocycles. The van der Waals surface area contributed by atoms with Gasteiger partial charge in [0.15, 0.2) is 5.78 Å². The second-order valence-electron chi connectivity index (χ2n) is 7.59. The van der Waals surface area contributed by atoms with Crippen LogP contribution in [0.2, 0.25) is 0 Å². The number of hydrogen-bond donors (Lipinski definition) is 1. The zero-order chi connectivity index (χ0) is 22.7. The molecule has 4 rings (SSSR count). The lowest BCUT2D eigenvalue weighted by atomic mass is 9.92. The Bertz CT molecular complexity index is 1190. The summed E-state index contributed by atoms with van der Waals surface area (Å²) in [7, 11) is 0. The molecule has 6 heteroatoms. The highest BCUT2D eigenvalue weighted by molar-refractivity contribution is 6.18. The summed E-state index contributed by atoms with van der Waals surface area (Å²) in [5.41, 5.74) is 2.99. The van der Waals surface area contributed by atoms with Crippen LogP contribution in [0, 0.1) is 6.92 Å². The summed E-state index contributed by atoms with van der Waals surface area (Å²) in [5.74, 6) is -2.31. The van der Waals surface area contributed by atoms with Crippen LogP contribution in [0.4, 0.5) is 5.69 Å². The number of benzene rings is 3. The third-order valence-electron chi connectivity index (χ3n) is 5.35. The van der Waals surface area contributed by atoms with Gasteiger partial charge in [-0.2, -0.15) is 0 Å². The molecule has 3 aromatic carbocycles. The van der Waals surface area contributed by atoms with E-state index >= 15 is 0 Å². The number of Topliss-reactive ketones (excluding diaryl/α,β-unsaturated/α-hetero) is 1. The van der Waals surface area contributed by atoms with Crippen molar-refractivity contribution in [3.8, 4) is 0 Å². The highest BCUT2D eigenvalue weighted by Crippen LogP contribution is 2.39. The van der Waals surface area contributed by atoms with Crippen LogP contribution in [0.25, 0.3) is 0 Å². The first-order valence-corrected chi connectivity index (χ1v) is 10.2. The molecule has 0 bridgehead atoms. The van der Waals surface area contributed by atoms with Gasteiger partial charge in [0.05, 0.1) is 24.1 Å². The van der Waals surface area contributed by atoms with E-state index < -0.39 is 24.5 Å². The number of anilines is 1. The highest BCUT2D eigenvalue weighted by Gasteiger charge is 2.43. The predicted molar refractivity (Wildman–Crippen MR) is 119 cm³/mol. The fourth-order valence-corrected chi connectivity index (χ4v) is 3.84. The smallest absolute Gasteiger partial charge is 0.271 e. The van der Waals surface area contributed by atoms with Gasteiger partial charge in [-0.3, -0.25) is 9.59 Å². The number of hydrogen-bond acceptors (Lipinski definition) is 5. The molecule has 6 nitrogen and oxygen atoms in total. The van der Waals surface area contributed by atoms with Crippen molar-refractivity contribution < 1.29 is 19.5 Å². The van der Waals surface area contributed by atoms with Gasteiger partial charge >= 0.3 is 0 Å². The molecule has 1 unspecified atom stereocenters. The summed E-state index contributed by atoms with van der Waals surface area (Å²) in [6.07, 6.45) is 0. The van der Waals surface area contributed by atoms with E-state index in [0.29, 0.717) is 16.8 Å². The van der Waals surface area contributed by atoms with Crippen LogP contribution in [0.3, 0.4) is 0 Å². The zero-order valence-corrected chi connectivity index (χ0v) is 17.4. The summed E-state index contributed by atoms with van der Waals surface area (Å²) in [6, 6.07) is 24.1. The number of nitrogens with one attached hydrogen (secondary N) is 1. The van der Waals surface area contributed by atoms with Gasteiger partial charge in [0.1, 0.15) is 5.70 Å². The maximum Gasteiger partial charge on any atom is 0.271 e. The van der Waals surface area contributed by atoms with Crippen LogP contribution in [-0.2, 0) is 9.59 Å². The molecule has 0 aliphatic carbocycles. The highest BCUT2D eigenvalue weighted by atomic mass is 16.4. The third-order valence-corrected chi connectivity index (χ3v) is 5.35. The second kappa shape index (κ2) is 8.89. The Morgan fingerprint density at radius 1 is 0.906 bits per heavy atom. The molecule has 1 atom stereocenters. The number of nitrogens with zero attached hydrogens (tertiary/aromatic N) is 1. The first-order valence-electron chi connectivity index (χ1n) is 10.2. The van der Waals surface area contributed by atoms with Gasteiger partial charge in [-0.15, -0.1) is 0 Å². The van der Waals surface area contributed by atoms with Gasteiger partial charge in [-0.05, 0) is 24.6 Å². The van der Waals surface area contributed by atoms with Crippen molar-refractivity contribution in [3.05, 3.63) is 113 Å². The quantitative estimate of drug-likeness (QED) is 0.588. The number of aliphatic carboxylic acids is 1. The molecular formula is C26H21N2O4-. The molecule has 0 radical (unpaired) electrons. The molecule has 0 saturated carbocycles. The van der Waals surface area contributed by atoms with Crippen molar-refractivity contribution in [2.24, 2.45) is 0 Å². The maximum atomic E-state index is 13.6. The lowest BCUT2D eigenvalue weighted by Crippen LogP contribution is -2.41. The van der Waals surface area contributed by atoms with Crippen molar-refractivity contribution in [1.29, 1.82) is 0 Å². The van der Waals surface area contributed by atoms with Gasteiger partial charge < -0.3 is 20.1 Å². The number of carbonyl (C=O) groups excluding carboxylic acids is 3. The van der Waals surface area contributed by atoms with E-state index in [0.717, 1.165) is 10.5 Å². The number of ketones is 1. The van der Waals surface area contributed by atoms with Crippen molar-refractivity contribution in [1.82, 2.24) is 4.90 Å². The number of carbonyl (C=O) groups is 3. The minimum Gasteiger partial charge on any atom is -0.548 e. The molecular weight excluding hydrogens is 404 g/mol. The molecule has 1 aliphatic heterocycles. The topological polar surface area (TPSA) is 89.5 Å². The summed E-state index contributed by atoms with van der Waals surface area (Å²) < 4.78 is 0. The molecule has 1 aliphatic rings. The average molecular weight is 425 g/mol. The molecule has 160 valence electrons. The Labute approximate surface area is 185 Å². The minimum atomic E-state index is -1.40. The SMILES string of the molecule is Cc1ccc(NC2=C(C(=O)c3ccccc3)C(c3ccccc3)N(CC(=O)[O-])C2=O)cc1. The monoisotopic (exact) mass is 425 g/mol. The van der Waals surface area contributed by atoms with Gasteiger partial charge in [0.2, 0.25) is 0 Å². The Hall–Kier alpha value is -4.19. The van der Waals surface area contributed by atoms with Crippen molar-refractivity contribution in [2.45, 2.75) is 13.0 Å². The van der Waals surface area contributed by atoms with Crippen LogP contribution in [0.1, 0.15) is 27.5 Å². The van der Waals surface area contributed by atoms with Gasteiger partial charge in [-0.25, -0.2) is 0 Å². The number of carboxylic acids is 1. The number of rotatable bonds is 7. The van der Waals surface area contributed by atoms with Crippen LogP contribution in [0.5, 0.6) is 0 Å². The summed E-state index contributed by atoms with van der Waals surface area (Å²) in [6.45, 7) is 1.31. The molecule has 0 fully saturated rings. The largest absolute Gasteiger partial charge is 0.548 e. The lowest BCUT2D eigenvalue weighted by molar-refractivity contribution is -0.306. The van der Waals surface area contributed by atoms with Gasteiger partial charge in [0.25, 0.3) is 5.91 Å². The minimum absolute atomic E-state index is 0.0674. The normalized spacial score (nSPS) is 15.7. The number of aryl methyl sites for hydroxylation is 1. The fourth-order valence-electron chi connectivity index (χ4n) is 3.84. The molecule has 1 N–H and O–H groups in total. The third kappa shape index (κ3) is 4.16. The first-order chi connectivity index (χ1) is 15.5. The van der Waals surface area contributed by atoms with E-state index in [4.69, 9.17) is 0 Å². The summed E-state index contributed by atoms with van der Waals surface area (Å²) >= 11 is 0. The molecule has 0 spiro atoms. The molecule has 3 aromatic rings. The van der Waals surface area contributed by atoms with Crippen LogP contribution in [-0.4, -0.2) is 29.1 Å². The average Bonchev–Trinajstić information content (AvgIpc) is 3.07. The fraction of sp³-hybridized carbons (Fsp3) is 0.115. The van der Waals surface area contributed by atoms with E-state index in [1.807, 2.05) is 25.1 Å². The number of carboxylic acid groups (broad SMARTS) is 1. The van der Waals surface area contributed by atoms with Crippen LogP contribution < -0.4 is 10.4 Å². The van der Waals surface area contributed by atoms with Crippen LogP contribution >= 0.6 is 0 Å². The Morgan fingerprint density at radius 3 is 2.09 bits per heavy atom. The number of amides is 1. The first kappa shape index (κ1) is 21.1. The summed E-state index contributed by atoms with van der Waals surface area (Å²) in [4.78, 5) is 39.7. The van der Waals surface area contributed by atoms with Gasteiger partial charge in [-0.1, -0.05) is 78.4 Å². The molecule has 1 amide bonds.